The van der Waals surface area contributed by atoms with E-state index in [-0.39, 0.29) is 5.25 Å². The third-order valence-electron chi connectivity index (χ3n) is 2.31. The SMILES string of the molecule is CC(S)c1c(C2CC2)cnnc1Br. The molecule has 1 fully saturated rings. The van der Waals surface area contributed by atoms with Crippen LogP contribution in [-0.2, 0) is 0 Å². The van der Waals surface area contributed by atoms with E-state index in [1.807, 2.05) is 6.20 Å². The van der Waals surface area contributed by atoms with Crippen LogP contribution in [0.25, 0.3) is 0 Å². The van der Waals surface area contributed by atoms with Crippen LogP contribution < -0.4 is 0 Å². The van der Waals surface area contributed by atoms with Gasteiger partial charge in [-0.05, 0) is 47.2 Å². The Labute approximate surface area is 91.7 Å². The third-order valence-corrected chi connectivity index (χ3v) is 3.15. The Hall–Kier alpha value is -0.0900. The van der Waals surface area contributed by atoms with Crippen molar-refractivity contribution in [2.24, 2.45) is 0 Å². The fraction of sp³-hybridized carbons (Fsp3) is 0.556. The van der Waals surface area contributed by atoms with Gasteiger partial charge in [-0.1, -0.05) is 0 Å². The maximum absolute atomic E-state index is 4.45. The van der Waals surface area contributed by atoms with E-state index >= 15 is 0 Å². The number of hydrogen-bond acceptors (Lipinski definition) is 3. The van der Waals surface area contributed by atoms with Crippen LogP contribution in [0.3, 0.4) is 0 Å². The maximum atomic E-state index is 4.45. The number of rotatable bonds is 2. The number of halogens is 1. The van der Waals surface area contributed by atoms with Gasteiger partial charge >= 0.3 is 0 Å². The topological polar surface area (TPSA) is 25.8 Å². The molecule has 1 atom stereocenters. The summed E-state index contributed by atoms with van der Waals surface area (Å²) in [5, 5.41) is 8.17. The van der Waals surface area contributed by atoms with Gasteiger partial charge in [-0.25, -0.2) is 0 Å². The summed E-state index contributed by atoms with van der Waals surface area (Å²) >= 11 is 7.87. The molecule has 0 spiro atoms. The second-order valence-electron chi connectivity index (χ2n) is 3.45. The fourth-order valence-corrected chi connectivity index (χ4v) is 2.63. The van der Waals surface area contributed by atoms with Crippen molar-refractivity contribution in [1.29, 1.82) is 0 Å². The third kappa shape index (κ3) is 1.89. The van der Waals surface area contributed by atoms with Gasteiger partial charge in [-0.15, -0.1) is 5.10 Å². The first-order valence-electron chi connectivity index (χ1n) is 4.39. The molecule has 0 aliphatic heterocycles. The summed E-state index contributed by atoms with van der Waals surface area (Å²) in [6.45, 7) is 2.07. The average Bonchev–Trinajstić information content (AvgIpc) is 2.85. The van der Waals surface area contributed by atoms with E-state index in [1.165, 1.54) is 24.0 Å². The molecule has 1 aliphatic carbocycles. The Bertz CT molecular complexity index is 323. The van der Waals surface area contributed by atoms with Gasteiger partial charge in [0.15, 0.2) is 0 Å². The molecular weight excluding hydrogens is 248 g/mol. The van der Waals surface area contributed by atoms with Crippen molar-refractivity contribution >= 4 is 28.6 Å². The predicted molar refractivity (Wildman–Crippen MR) is 59.1 cm³/mol. The van der Waals surface area contributed by atoms with Crippen molar-refractivity contribution < 1.29 is 0 Å². The molecule has 0 aromatic carbocycles. The van der Waals surface area contributed by atoms with Gasteiger partial charge in [0.1, 0.15) is 4.60 Å². The monoisotopic (exact) mass is 258 g/mol. The van der Waals surface area contributed by atoms with Crippen molar-refractivity contribution in [3.63, 3.8) is 0 Å². The van der Waals surface area contributed by atoms with Crippen molar-refractivity contribution in [3.05, 3.63) is 21.9 Å². The van der Waals surface area contributed by atoms with Crippen LogP contribution in [0.1, 0.15) is 42.1 Å². The molecule has 1 aromatic heterocycles. The number of aromatic nitrogens is 2. The van der Waals surface area contributed by atoms with Crippen LogP contribution in [-0.4, -0.2) is 10.2 Å². The van der Waals surface area contributed by atoms with Crippen molar-refractivity contribution in [3.8, 4) is 0 Å². The summed E-state index contributed by atoms with van der Waals surface area (Å²) in [4.78, 5) is 0. The highest BCUT2D eigenvalue weighted by atomic mass is 79.9. The molecule has 2 nitrogen and oxygen atoms in total. The number of thiol groups is 1. The zero-order valence-electron chi connectivity index (χ0n) is 7.37. The summed E-state index contributed by atoms with van der Waals surface area (Å²) < 4.78 is 0.847. The van der Waals surface area contributed by atoms with Crippen molar-refractivity contribution in [1.82, 2.24) is 10.2 Å². The summed E-state index contributed by atoms with van der Waals surface area (Å²) in [6, 6.07) is 0. The van der Waals surface area contributed by atoms with Gasteiger partial charge in [0.05, 0.1) is 6.20 Å². The van der Waals surface area contributed by atoms with Gasteiger partial charge < -0.3 is 0 Å². The molecule has 0 amide bonds. The molecule has 13 heavy (non-hydrogen) atoms. The normalized spacial score (nSPS) is 18.7. The highest BCUT2D eigenvalue weighted by molar-refractivity contribution is 9.10. The van der Waals surface area contributed by atoms with Gasteiger partial charge in [-0.3, -0.25) is 0 Å². The number of nitrogens with zero attached hydrogens (tertiary/aromatic N) is 2. The molecule has 1 saturated carbocycles. The number of hydrogen-bond donors (Lipinski definition) is 1. The van der Waals surface area contributed by atoms with E-state index in [0.717, 1.165) is 4.60 Å². The molecule has 0 saturated heterocycles. The summed E-state index contributed by atoms with van der Waals surface area (Å²) in [7, 11) is 0. The Morgan fingerprint density at radius 2 is 2.31 bits per heavy atom. The average molecular weight is 259 g/mol. The van der Waals surface area contributed by atoms with E-state index in [1.54, 1.807) is 0 Å². The molecule has 2 rings (SSSR count). The summed E-state index contributed by atoms with van der Waals surface area (Å²) in [6.07, 6.45) is 4.45. The van der Waals surface area contributed by atoms with Gasteiger partial charge in [0, 0.05) is 10.8 Å². The molecule has 1 aliphatic rings. The second kappa shape index (κ2) is 3.58. The largest absolute Gasteiger partial charge is 0.171 e. The lowest BCUT2D eigenvalue weighted by Gasteiger charge is -2.11. The van der Waals surface area contributed by atoms with E-state index in [2.05, 4.69) is 45.7 Å². The first-order valence-corrected chi connectivity index (χ1v) is 5.70. The lowest BCUT2D eigenvalue weighted by molar-refractivity contribution is 0.895. The molecule has 4 heteroatoms. The van der Waals surface area contributed by atoms with Crippen LogP contribution >= 0.6 is 28.6 Å². The molecule has 0 radical (unpaired) electrons. The first-order chi connectivity index (χ1) is 6.20. The minimum Gasteiger partial charge on any atom is -0.171 e. The minimum atomic E-state index is 0.223. The standard InChI is InChI=1S/C9H11BrN2S/c1-5(13)8-7(6-2-3-6)4-11-12-9(8)10/h4-6,13H,2-3H2,1H3. The van der Waals surface area contributed by atoms with E-state index in [9.17, 15) is 0 Å². The summed E-state index contributed by atoms with van der Waals surface area (Å²) in [5.74, 6) is 0.705. The molecule has 70 valence electrons. The smallest absolute Gasteiger partial charge is 0.133 e. The van der Waals surface area contributed by atoms with Gasteiger partial charge in [-0.2, -0.15) is 17.7 Å². The zero-order valence-corrected chi connectivity index (χ0v) is 9.85. The minimum absolute atomic E-state index is 0.223. The lowest BCUT2D eigenvalue weighted by atomic mass is 10.1. The van der Waals surface area contributed by atoms with Crippen molar-refractivity contribution in [2.75, 3.05) is 0 Å². The van der Waals surface area contributed by atoms with Crippen LogP contribution in [0.2, 0.25) is 0 Å². The summed E-state index contributed by atoms with van der Waals surface area (Å²) in [5.41, 5.74) is 2.53. The molecular formula is C9H11BrN2S. The Morgan fingerprint density at radius 1 is 1.62 bits per heavy atom. The van der Waals surface area contributed by atoms with E-state index in [4.69, 9.17) is 0 Å². The predicted octanol–water partition coefficient (Wildman–Crippen LogP) is 3.11. The van der Waals surface area contributed by atoms with Gasteiger partial charge in [0.2, 0.25) is 0 Å². The van der Waals surface area contributed by atoms with Crippen molar-refractivity contribution in [2.45, 2.75) is 30.9 Å². The van der Waals surface area contributed by atoms with E-state index < -0.39 is 0 Å². The van der Waals surface area contributed by atoms with Crippen LogP contribution in [0.15, 0.2) is 10.8 Å². The highest BCUT2D eigenvalue weighted by Crippen LogP contribution is 2.44. The Kier molecular flexibility index (Phi) is 2.60. The van der Waals surface area contributed by atoms with Gasteiger partial charge in [0.25, 0.3) is 0 Å². The lowest BCUT2D eigenvalue weighted by Crippen LogP contribution is -1.99. The molecule has 1 heterocycles. The van der Waals surface area contributed by atoms with Crippen LogP contribution in [0.4, 0.5) is 0 Å². The zero-order chi connectivity index (χ0) is 9.42. The molecule has 0 bridgehead atoms. The maximum Gasteiger partial charge on any atom is 0.133 e. The highest BCUT2D eigenvalue weighted by Gasteiger charge is 2.28. The first kappa shape index (κ1) is 9.46. The molecule has 1 aromatic rings. The second-order valence-corrected chi connectivity index (χ2v) is 4.98. The quantitative estimate of drug-likeness (QED) is 0.826. The molecule has 0 N–H and O–H groups in total. The van der Waals surface area contributed by atoms with E-state index in [0.29, 0.717) is 5.92 Å². The van der Waals surface area contributed by atoms with Crippen LogP contribution in [0, 0.1) is 0 Å². The molecule has 1 unspecified atom stereocenters. The van der Waals surface area contributed by atoms with Crippen LogP contribution in [0.5, 0.6) is 0 Å². The Morgan fingerprint density at radius 3 is 2.85 bits per heavy atom. The Balaban J connectivity index is 2.47. The fourth-order valence-electron chi connectivity index (χ4n) is 1.52.